The molecule has 2 nitrogen and oxygen atoms in total. The fourth-order valence-electron chi connectivity index (χ4n) is 2.95. The van der Waals surface area contributed by atoms with Crippen molar-refractivity contribution in [1.82, 2.24) is 4.90 Å². The van der Waals surface area contributed by atoms with Gasteiger partial charge >= 0.3 is 0 Å². The fraction of sp³-hybridized carbons (Fsp3) is 0.722. The summed E-state index contributed by atoms with van der Waals surface area (Å²) in [6.07, 6.45) is 11.6. The van der Waals surface area contributed by atoms with Gasteiger partial charge in [0.2, 0.25) is 5.91 Å². The average molecular weight is 275 g/mol. The van der Waals surface area contributed by atoms with Crippen LogP contribution in [0.5, 0.6) is 0 Å². The minimum atomic E-state index is 0.343. The maximum atomic E-state index is 12.2. The van der Waals surface area contributed by atoms with E-state index < -0.39 is 0 Å². The Morgan fingerprint density at radius 3 is 2.65 bits per heavy atom. The largest absolute Gasteiger partial charge is 0.339 e. The minimum absolute atomic E-state index is 0.343. The number of amides is 1. The molecule has 2 rings (SSSR count). The maximum Gasteiger partial charge on any atom is 0.225 e. The number of carbonyl (C=O) groups is 1. The van der Waals surface area contributed by atoms with Crippen LogP contribution in [0, 0.1) is 11.8 Å². The van der Waals surface area contributed by atoms with Crippen LogP contribution in [0.15, 0.2) is 23.3 Å². The van der Waals surface area contributed by atoms with Crippen molar-refractivity contribution in [1.29, 1.82) is 0 Å². The molecule has 2 heteroatoms. The van der Waals surface area contributed by atoms with Crippen LogP contribution in [0.2, 0.25) is 0 Å². The monoisotopic (exact) mass is 275 g/mol. The molecule has 0 N–H and O–H groups in total. The summed E-state index contributed by atoms with van der Waals surface area (Å²) >= 11 is 0. The first-order valence-electron chi connectivity index (χ1n) is 8.23. The molecule has 0 aromatic heterocycles. The Hall–Kier alpha value is -1.05. The zero-order chi connectivity index (χ0) is 14.5. The third-order valence-electron chi connectivity index (χ3n) is 4.65. The zero-order valence-corrected chi connectivity index (χ0v) is 13.3. The molecule has 1 saturated carbocycles. The highest BCUT2D eigenvalue weighted by Crippen LogP contribution is 2.31. The van der Waals surface area contributed by atoms with E-state index in [0.717, 1.165) is 32.4 Å². The van der Waals surface area contributed by atoms with E-state index in [1.165, 1.54) is 30.4 Å². The molecule has 0 saturated heterocycles. The predicted molar refractivity (Wildman–Crippen MR) is 84.5 cm³/mol. The molecule has 1 unspecified atom stereocenters. The summed E-state index contributed by atoms with van der Waals surface area (Å²) in [6, 6.07) is 0. The van der Waals surface area contributed by atoms with Crippen molar-refractivity contribution in [3.05, 3.63) is 23.3 Å². The number of carbonyl (C=O) groups excluding carboxylic acids is 1. The lowest BCUT2D eigenvalue weighted by Crippen LogP contribution is -2.33. The third kappa shape index (κ3) is 4.22. The summed E-state index contributed by atoms with van der Waals surface area (Å²) in [5.41, 5.74) is 3.00. The first-order chi connectivity index (χ1) is 9.61. The van der Waals surface area contributed by atoms with E-state index in [9.17, 15) is 4.79 Å². The van der Waals surface area contributed by atoms with Gasteiger partial charge in [-0.25, -0.2) is 0 Å². The molecule has 1 atom stereocenters. The molecule has 0 radical (unpaired) electrons. The molecule has 0 aliphatic heterocycles. The van der Waals surface area contributed by atoms with E-state index in [4.69, 9.17) is 0 Å². The Kier molecular flexibility index (Phi) is 5.45. The van der Waals surface area contributed by atoms with Crippen LogP contribution in [0.4, 0.5) is 0 Å². The Morgan fingerprint density at radius 1 is 1.35 bits per heavy atom. The highest BCUT2D eigenvalue weighted by Gasteiger charge is 2.32. The molecule has 0 heterocycles. The lowest BCUT2D eigenvalue weighted by molar-refractivity contribution is -0.132. The topological polar surface area (TPSA) is 20.3 Å². The van der Waals surface area contributed by atoms with Gasteiger partial charge in [-0.05, 0) is 58.3 Å². The lowest BCUT2D eigenvalue weighted by atomic mass is 9.85. The van der Waals surface area contributed by atoms with E-state index >= 15 is 0 Å². The van der Waals surface area contributed by atoms with Gasteiger partial charge in [-0.1, -0.05) is 30.2 Å². The maximum absolute atomic E-state index is 12.2. The van der Waals surface area contributed by atoms with Crippen molar-refractivity contribution in [2.75, 3.05) is 13.1 Å². The van der Waals surface area contributed by atoms with Crippen molar-refractivity contribution >= 4 is 5.91 Å². The van der Waals surface area contributed by atoms with Crippen molar-refractivity contribution < 1.29 is 4.79 Å². The minimum Gasteiger partial charge on any atom is -0.339 e. The molecule has 2 aliphatic carbocycles. The Labute approximate surface area is 123 Å². The van der Waals surface area contributed by atoms with Gasteiger partial charge in [0, 0.05) is 19.0 Å². The van der Waals surface area contributed by atoms with E-state index in [0.29, 0.717) is 17.7 Å². The highest BCUT2D eigenvalue weighted by molar-refractivity contribution is 5.81. The van der Waals surface area contributed by atoms with Gasteiger partial charge in [0.1, 0.15) is 0 Å². The second-order valence-corrected chi connectivity index (χ2v) is 6.53. The molecular formula is C18H29NO. The molecule has 1 amide bonds. The number of hydrogen-bond donors (Lipinski definition) is 0. The second-order valence-electron chi connectivity index (χ2n) is 6.53. The first-order valence-corrected chi connectivity index (χ1v) is 8.23. The predicted octanol–water partition coefficient (Wildman–Crippen LogP) is 4.33. The van der Waals surface area contributed by atoms with Crippen molar-refractivity contribution in [3.63, 3.8) is 0 Å². The van der Waals surface area contributed by atoms with Crippen LogP contribution >= 0.6 is 0 Å². The summed E-state index contributed by atoms with van der Waals surface area (Å²) in [7, 11) is 0. The lowest BCUT2D eigenvalue weighted by Gasteiger charge is -2.24. The van der Waals surface area contributed by atoms with Gasteiger partial charge in [-0.15, -0.1) is 0 Å². The summed E-state index contributed by atoms with van der Waals surface area (Å²) in [5.74, 6) is 1.42. The van der Waals surface area contributed by atoms with Crippen LogP contribution in [-0.2, 0) is 4.79 Å². The molecule has 0 aromatic rings. The van der Waals surface area contributed by atoms with E-state index in [-0.39, 0.29) is 0 Å². The molecule has 20 heavy (non-hydrogen) atoms. The van der Waals surface area contributed by atoms with E-state index in [1.54, 1.807) is 0 Å². The number of hydrogen-bond acceptors (Lipinski definition) is 1. The van der Waals surface area contributed by atoms with E-state index in [2.05, 4.69) is 37.8 Å². The Balaban J connectivity index is 1.89. The van der Waals surface area contributed by atoms with Crippen LogP contribution in [0.1, 0.15) is 59.3 Å². The van der Waals surface area contributed by atoms with Gasteiger partial charge < -0.3 is 4.90 Å². The molecular weight excluding hydrogens is 246 g/mol. The molecule has 1 fully saturated rings. The van der Waals surface area contributed by atoms with Gasteiger partial charge in [0.25, 0.3) is 0 Å². The molecule has 0 aromatic carbocycles. The van der Waals surface area contributed by atoms with Gasteiger partial charge in [-0.3, -0.25) is 4.79 Å². The third-order valence-corrected chi connectivity index (χ3v) is 4.65. The zero-order valence-electron chi connectivity index (χ0n) is 13.3. The molecule has 0 spiro atoms. The van der Waals surface area contributed by atoms with Crippen LogP contribution in [0.25, 0.3) is 0 Å². The van der Waals surface area contributed by atoms with E-state index in [1.807, 2.05) is 0 Å². The van der Waals surface area contributed by atoms with Crippen molar-refractivity contribution in [2.45, 2.75) is 59.3 Å². The Morgan fingerprint density at radius 2 is 2.10 bits per heavy atom. The van der Waals surface area contributed by atoms with Crippen LogP contribution in [0.3, 0.4) is 0 Å². The highest BCUT2D eigenvalue weighted by atomic mass is 16.2. The number of allylic oxidation sites excluding steroid dienone is 3. The average Bonchev–Trinajstić information content (AvgIpc) is 3.27. The quantitative estimate of drug-likeness (QED) is 0.661. The summed E-state index contributed by atoms with van der Waals surface area (Å²) in [4.78, 5) is 14.3. The SMILES string of the molecule is CCCN(C/C=C(\C)C1CC=C(C)CC1)C(=O)C1CC1. The fourth-order valence-corrected chi connectivity index (χ4v) is 2.95. The van der Waals surface area contributed by atoms with Crippen LogP contribution < -0.4 is 0 Å². The second kappa shape index (κ2) is 7.10. The number of nitrogens with zero attached hydrogens (tertiary/aromatic N) is 1. The van der Waals surface area contributed by atoms with Gasteiger partial charge in [-0.2, -0.15) is 0 Å². The Bertz CT molecular complexity index is 404. The van der Waals surface area contributed by atoms with Crippen molar-refractivity contribution in [3.8, 4) is 0 Å². The summed E-state index contributed by atoms with van der Waals surface area (Å²) in [5, 5.41) is 0. The van der Waals surface area contributed by atoms with Gasteiger partial charge in [0.05, 0.1) is 0 Å². The normalized spacial score (nSPS) is 23.4. The summed E-state index contributed by atoms with van der Waals surface area (Å²) < 4.78 is 0. The van der Waals surface area contributed by atoms with Gasteiger partial charge in [0.15, 0.2) is 0 Å². The van der Waals surface area contributed by atoms with Crippen molar-refractivity contribution in [2.24, 2.45) is 11.8 Å². The number of rotatable bonds is 6. The summed E-state index contributed by atoms with van der Waals surface area (Å²) in [6.45, 7) is 8.34. The molecule has 2 aliphatic rings. The standard InChI is InChI=1S/C18H29NO/c1-4-12-19(18(20)17-9-10-17)13-11-15(3)16-7-5-14(2)6-8-16/h5,11,16-17H,4,6-10,12-13H2,1-3H3/b15-11+. The molecule has 112 valence electrons. The van der Waals surface area contributed by atoms with Crippen LogP contribution in [-0.4, -0.2) is 23.9 Å². The molecule has 0 bridgehead atoms. The smallest absolute Gasteiger partial charge is 0.225 e. The first kappa shape index (κ1) is 15.3.